The van der Waals surface area contributed by atoms with Gasteiger partial charge in [0.05, 0.1) is 6.04 Å². The lowest BCUT2D eigenvalue weighted by Crippen LogP contribution is -2.38. The number of urea groups is 1. The first kappa shape index (κ1) is 11.0. The van der Waals surface area contributed by atoms with Crippen LogP contribution in [-0.2, 0) is 0 Å². The highest BCUT2D eigenvalue weighted by molar-refractivity contribution is 5.74. The fourth-order valence-corrected chi connectivity index (χ4v) is 1.63. The number of benzene rings is 1. The minimum Gasteiger partial charge on any atom is -0.338 e. The standard InChI is InChI=1S/C13H18N2O/c1-10(12-5-3-2-4-6-12)15-13(16)14-9-11-7-8-11/h2-6,10-11H,7-9H2,1H3,(H2,14,15,16)/t10-/m1/s1. The van der Waals surface area contributed by atoms with E-state index in [1.165, 1.54) is 12.8 Å². The molecule has 1 fully saturated rings. The van der Waals surface area contributed by atoms with Crippen LogP contribution in [0.15, 0.2) is 30.3 Å². The zero-order valence-electron chi connectivity index (χ0n) is 9.57. The number of carbonyl (C=O) groups is 1. The number of rotatable bonds is 4. The molecule has 3 nitrogen and oxygen atoms in total. The number of hydrogen-bond acceptors (Lipinski definition) is 1. The summed E-state index contributed by atoms with van der Waals surface area (Å²) >= 11 is 0. The van der Waals surface area contributed by atoms with Crippen molar-refractivity contribution < 1.29 is 4.79 Å². The van der Waals surface area contributed by atoms with Gasteiger partial charge >= 0.3 is 6.03 Å². The van der Waals surface area contributed by atoms with E-state index < -0.39 is 0 Å². The summed E-state index contributed by atoms with van der Waals surface area (Å²) in [4.78, 5) is 11.5. The van der Waals surface area contributed by atoms with Gasteiger partial charge in [-0.3, -0.25) is 0 Å². The largest absolute Gasteiger partial charge is 0.338 e. The summed E-state index contributed by atoms with van der Waals surface area (Å²) in [5.41, 5.74) is 1.13. The summed E-state index contributed by atoms with van der Waals surface area (Å²) in [6.45, 7) is 2.80. The van der Waals surface area contributed by atoms with Crippen molar-refractivity contribution in [2.45, 2.75) is 25.8 Å². The maximum Gasteiger partial charge on any atom is 0.315 e. The third-order valence-electron chi connectivity index (χ3n) is 2.90. The molecular weight excluding hydrogens is 200 g/mol. The van der Waals surface area contributed by atoms with Crippen LogP contribution in [0.25, 0.3) is 0 Å². The zero-order valence-corrected chi connectivity index (χ0v) is 9.57. The van der Waals surface area contributed by atoms with E-state index in [0.29, 0.717) is 0 Å². The molecule has 0 aliphatic heterocycles. The Bertz CT molecular complexity index is 346. The van der Waals surface area contributed by atoms with Crippen LogP contribution < -0.4 is 10.6 Å². The Kier molecular flexibility index (Phi) is 3.44. The molecule has 0 radical (unpaired) electrons. The van der Waals surface area contributed by atoms with Gasteiger partial charge in [0.1, 0.15) is 0 Å². The molecule has 86 valence electrons. The maximum absolute atomic E-state index is 11.5. The Morgan fingerprint density at radius 2 is 2.06 bits per heavy atom. The molecule has 1 aliphatic carbocycles. The highest BCUT2D eigenvalue weighted by atomic mass is 16.2. The first-order valence-corrected chi connectivity index (χ1v) is 5.85. The summed E-state index contributed by atoms with van der Waals surface area (Å²) in [7, 11) is 0. The van der Waals surface area contributed by atoms with E-state index in [-0.39, 0.29) is 12.1 Å². The van der Waals surface area contributed by atoms with Crippen molar-refractivity contribution in [2.75, 3.05) is 6.54 Å². The predicted molar refractivity (Wildman–Crippen MR) is 64.1 cm³/mol. The molecule has 3 heteroatoms. The van der Waals surface area contributed by atoms with E-state index >= 15 is 0 Å². The molecule has 2 N–H and O–H groups in total. The highest BCUT2D eigenvalue weighted by Crippen LogP contribution is 2.27. The average molecular weight is 218 g/mol. The van der Waals surface area contributed by atoms with Crippen LogP contribution in [0.1, 0.15) is 31.4 Å². The monoisotopic (exact) mass is 218 g/mol. The normalized spacial score (nSPS) is 16.6. The molecule has 0 heterocycles. The van der Waals surface area contributed by atoms with Crippen molar-refractivity contribution in [3.63, 3.8) is 0 Å². The van der Waals surface area contributed by atoms with Crippen molar-refractivity contribution >= 4 is 6.03 Å². The molecule has 0 spiro atoms. The second kappa shape index (κ2) is 5.01. The Balaban J connectivity index is 1.77. The van der Waals surface area contributed by atoms with Gasteiger partial charge in [-0.15, -0.1) is 0 Å². The lowest BCUT2D eigenvalue weighted by molar-refractivity contribution is 0.237. The molecule has 1 aromatic carbocycles. The quantitative estimate of drug-likeness (QED) is 0.800. The Morgan fingerprint density at radius 3 is 2.69 bits per heavy atom. The van der Waals surface area contributed by atoms with E-state index in [0.717, 1.165) is 18.0 Å². The predicted octanol–water partition coefficient (Wildman–Crippen LogP) is 2.46. The molecule has 1 atom stereocenters. The van der Waals surface area contributed by atoms with Gasteiger partial charge in [-0.2, -0.15) is 0 Å². The number of nitrogens with one attached hydrogen (secondary N) is 2. The lowest BCUT2D eigenvalue weighted by atomic mass is 10.1. The SMILES string of the molecule is C[C@@H](NC(=O)NCC1CC1)c1ccccc1. The maximum atomic E-state index is 11.5. The van der Waals surface area contributed by atoms with Crippen LogP contribution in [0.5, 0.6) is 0 Å². The molecule has 0 saturated heterocycles. The summed E-state index contributed by atoms with van der Waals surface area (Å²) in [6, 6.07) is 9.97. The number of carbonyl (C=O) groups excluding carboxylic acids is 1. The van der Waals surface area contributed by atoms with Crippen molar-refractivity contribution in [3.8, 4) is 0 Å². The van der Waals surface area contributed by atoms with Gasteiger partial charge in [-0.05, 0) is 31.2 Å². The van der Waals surface area contributed by atoms with E-state index in [1.807, 2.05) is 37.3 Å². The zero-order chi connectivity index (χ0) is 11.4. The summed E-state index contributed by atoms with van der Waals surface area (Å²) in [6.07, 6.45) is 2.52. The highest BCUT2D eigenvalue weighted by Gasteiger charge is 2.21. The molecule has 2 amide bonds. The minimum absolute atomic E-state index is 0.0559. The third kappa shape index (κ3) is 3.26. The van der Waals surface area contributed by atoms with E-state index in [1.54, 1.807) is 0 Å². The van der Waals surface area contributed by atoms with Crippen molar-refractivity contribution in [1.29, 1.82) is 0 Å². The molecular formula is C13H18N2O. The molecule has 1 aromatic rings. The van der Waals surface area contributed by atoms with Crippen LogP contribution in [0.2, 0.25) is 0 Å². The second-order valence-electron chi connectivity index (χ2n) is 4.43. The number of amides is 2. The van der Waals surface area contributed by atoms with Gasteiger partial charge in [0.15, 0.2) is 0 Å². The molecule has 1 aliphatic rings. The van der Waals surface area contributed by atoms with Gasteiger partial charge in [0.25, 0.3) is 0 Å². The van der Waals surface area contributed by atoms with Crippen LogP contribution >= 0.6 is 0 Å². The van der Waals surface area contributed by atoms with Gasteiger partial charge < -0.3 is 10.6 Å². The summed E-state index contributed by atoms with van der Waals surface area (Å²) < 4.78 is 0. The fraction of sp³-hybridized carbons (Fsp3) is 0.462. The molecule has 0 unspecified atom stereocenters. The van der Waals surface area contributed by atoms with Crippen LogP contribution in [0.4, 0.5) is 4.79 Å². The van der Waals surface area contributed by atoms with Crippen molar-refractivity contribution in [1.82, 2.24) is 10.6 Å². The van der Waals surface area contributed by atoms with E-state index in [9.17, 15) is 4.79 Å². The smallest absolute Gasteiger partial charge is 0.315 e. The molecule has 0 aromatic heterocycles. The lowest BCUT2D eigenvalue weighted by Gasteiger charge is -2.14. The van der Waals surface area contributed by atoms with Crippen molar-refractivity contribution in [2.24, 2.45) is 5.92 Å². The molecule has 2 rings (SSSR count). The van der Waals surface area contributed by atoms with Gasteiger partial charge in [0, 0.05) is 6.54 Å². The second-order valence-corrected chi connectivity index (χ2v) is 4.43. The topological polar surface area (TPSA) is 41.1 Å². The van der Waals surface area contributed by atoms with Crippen molar-refractivity contribution in [3.05, 3.63) is 35.9 Å². The number of hydrogen-bond donors (Lipinski definition) is 2. The van der Waals surface area contributed by atoms with Crippen LogP contribution in [-0.4, -0.2) is 12.6 Å². The van der Waals surface area contributed by atoms with Gasteiger partial charge in [-0.1, -0.05) is 30.3 Å². The first-order valence-electron chi connectivity index (χ1n) is 5.85. The van der Waals surface area contributed by atoms with Gasteiger partial charge in [0.2, 0.25) is 0 Å². The van der Waals surface area contributed by atoms with E-state index in [4.69, 9.17) is 0 Å². The van der Waals surface area contributed by atoms with Crippen LogP contribution in [0, 0.1) is 5.92 Å². The Hall–Kier alpha value is -1.51. The Morgan fingerprint density at radius 1 is 1.38 bits per heavy atom. The summed E-state index contributed by atoms with van der Waals surface area (Å²) in [5, 5.41) is 5.82. The first-order chi connectivity index (χ1) is 7.75. The van der Waals surface area contributed by atoms with Crippen LogP contribution in [0.3, 0.4) is 0 Å². The average Bonchev–Trinajstić information content (AvgIpc) is 3.11. The van der Waals surface area contributed by atoms with Gasteiger partial charge in [-0.25, -0.2) is 4.79 Å². The van der Waals surface area contributed by atoms with E-state index in [2.05, 4.69) is 10.6 Å². The minimum atomic E-state index is -0.0664. The molecule has 16 heavy (non-hydrogen) atoms. The fourth-order valence-electron chi connectivity index (χ4n) is 1.63. The molecule has 0 bridgehead atoms. The Labute approximate surface area is 96.2 Å². The third-order valence-corrected chi connectivity index (χ3v) is 2.90. The summed E-state index contributed by atoms with van der Waals surface area (Å²) in [5.74, 6) is 0.720. The molecule has 1 saturated carbocycles.